The molecular formula is C15H29N3O. The molecule has 110 valence electrons. The predicted molar refractivity (Wildman–Crippen MR) is 77.9 cm³/mol. The van der Waals surface area contributed by atoms with E-state index in [9.17, 15) is 4.79 Å². The number of piperidine rings is 1. The van der Waals surface area contributed by atoms with Gasteiger partial charge in [-0.05, 0) is 52.1 Å². The topological polar surface area (TPSA) is 49.6 Å². The molecule has 19 heavy (non-hydrogen) atoms. The van der Waals surface area contributed by atoms with Crippen LogP contribution in [0.25, 0.3) is 0 Å². The zero-order valence-electron chi connectivity index (χ0n) is 12.5. The third-order valence-corrected chi connectivity index (χ3v) is 4.60. The number of carbonyl (C=O) groups excluding carboxylic acids is 1. The Morgan fingerprint density at radius 2 is 1.95 bits per heavy atom. The number of hydrogen-bond acceptors (Lipinski definition) is 3. The first kappa shape index (κ1) is 14.8. The van der Waals surface area contributed by atoms with Crippen molar-refractivity contribution < 1.29 is 4.79 Å². The number of amides is 1. The molecule has 1 amide bonds. The quantitative estimate of drug-likeness (QED) is 0.841. The highest BCUT2D eigenvalue weighted by Gasteiger charge is 2.35. The molecule has 4 nitrogen and oxygen atoms in total. The van der Waals surface area contributed by atoms with Gasteiger partial charge in [0.05, 0.1) is 5.54 Å². The van der Waals surface area contributed by atoms with Crippen LogP contribution in [0.2, 0.25) is 0 Å². The number of hydrogen-bond donors (Lipinski definition) is 1. The van der Waals surface area contributed by atoms with Crippen LogP contribution in [-0.2, 0) is 4.79 Å². The maximum absolute atomic E-state index is 12.6. The average molecular weight is 267 g/mol. The van der Waals surface area contributed by atoms with Crippen molar-refractivity contribution in [3.05, 3.63) is 0 Å². The Morgan fingerprint density at radius 3 is 2.58 bits per heavy atom. The SMILES string of the molecule is CCCC(C)(N)C(=O)N1CCCC(N2CCCC2)C1. The molecule has 4 heteroatoms. The van der Waals surface area contributed by atoms with E-state index in [2.05, 4.69) is 11.8 Å². The van der Waals surface area contributed by atoms with E-state index >= 15 is 0 Å². The summed E-state index contributed by atoms with van der Waals surface area (Å²) in [5, 5.41) is 0. The van der Waals surface area contributed by atoms with Gasteiger partial charge < -0.3 is 10.6 Å². The molecule has 0 aliphatic carbocycles. The zero-order chi connectivity index (χ0) is 13.9. The molecule has 2 saturated heterocycles. The maximum Gasteiger partial charge on any atom is 0.242 e. The van der Waals surface area contributed by atoms with Gasteiger partial charge in [-0.2, -0.15) is 0 Å². The molecule has 0 aromatic heterocycles. The summed E-state index contributed by atoms with van der Waals surface area (Å²) in [6.45, 7) is 8.16. The van der Waals surface area contributed by atoms with Crippen LogP contribution >= 0.6 is 0 Å². The van der Waals surface area contributed by atoms with Crippen molar-refractivity contribution in [2.24, 2.45) is 5.73 Å². The molecule has 2 aliphatic heterocycles. The maximum atomic E-state index is 12.6. The van der Waals surface area contributed by atoms with Crippen LogP contribution in [0.5, 0.6) is 0 Å². The predicted octanol–water partition coefficient (Wildman–Crippen LogP) is 1.59. The van der Waals surface area contributed by atoms with Crippen molar-refractivity contribution in [1.29, 1.82) is 0 Å². The average Bonchev–Trinajstić information content (AvgIpc) is 2.92. The van der Waals surface area contributed by atoms with Gasteiger partial charge >= 0.3 is 0 Å². The van der Waals surface area contributed by atoms with Crippen molar-refractivity contribution in [3.8, 4) is 0 Å². The number of rotatable bonds is 4. The van der Waals surface area contributed by atoms with Gasteiger partial charge in [0.2, 0.25) is 5.91 Å². The van der Waals surface area contributed by atoms with Gasteiger partial charge in [0, 0.05) is 19.1 Å². The van der Waals surface area contributed by atoms with Crippen LogP contribution in [-0.4, -0.2) is 53.5 Å². The fourth-order valence-corrected chi connectivity index (χ4v) is 3.53. The molecule has 0 saturated carbocycles. The van der Waals surface area contributed by atoms with Gasteiger partial charge in [0.25, 0.3) is 0 Å². The van der Waals surface area contributed by atoms with Crippen LogP contribution < -0.4 is 5.73 Å². The summed E-state index contributed by atoms with van der Waals surface area (Å²) in [4.78, 5) is 17.1. The van der Waals surface area contributed by atoms with E-state index in [0.29, 0.717) is 6.04 Å². The second kappa shape index (κ2) is 6.23. The summed E-state index contributed by atoms with van der Waals surface area (Å²) in [5.74, 6) is 0.151. The van der Waals surface area contributed by atoms with Crippen molar-refractivity contribution in [3.63, 3.8) is 0 Å². The number of nitrogens with two attached hydrogens (primary N) is 1. The van der Waals surface area contributed by atoms with E-state index in [4.69, 9.17) is 5.73 Å². The van der Waals surface area contributed by atoms with E-state index in [1.54, 1.807) is 0 Å². The fraction of sp³-hybridized carbons (Fsp3) is 0.933. The van der Waals surface area contributed by atoms with E-state index in [1.165, 1.54) is 32.4 Å². The summed E-state index contributed by atoms with van der Waals surface area (Å²) in [6, 6.07) is 0.567. The molecule has 2 fully saturated rings. The molecule has 0 spiro atoms. The molecule has 0 aromatic carbocycles. The van der Waals surface area contributed by atoms with Gasteiger partial charge in [-0.1, -0.05) is 13.3 Å². The zero-order valence-corrected chi connectivity index (χ0v) is 12.5. The van der Waals surface area contributed by atoms with Crippen LogP contribution in [0.3, 0.4) is 0 Å². The van der Waals surface area contributed by atoms with Crippen LogP contribution in [0.4, 0.5) is 0 Å². The monoisotopic (exact) mass is 267 g/mol. The van der Waals surface area contributed by atoms with Crippen LogP contribution in [0.15, 0.2) is 0 Å². The van der Waals surface area contributed by atoms with Gasteiger partial charge in [-0.15, -0.1) is 0 Å². The van der Waals surface area contributed by atoms with Crippen molar-refractivity contribution in [1.82, 2.24) is 9.80 Å². The van der Waals surface area contributed by atoms with E-state index in [-0.39, 0.29) is 5.91 Å². The van der Waals surface area contributed by atoms with E-state index in [1.807, 2.05) is 11.8 Å². The highest BCUT2D eigenvalue weighted by atomic mass is 16.2. The first-order valence-corrected chi connectivity index (χ1v) is 7.87. The van der Waals surface area contributed by atoms with Crippen LogP contribution in [0.1, 0.15) is 52.4 Å². The number of likely N-dealkylation sites (tertiary alicyclic amines) is 2. The molecule has 2 unspecified atom stereocenters. The molecule has 2 N–H and O–H groups in total. The number of nitrogens with zero attached hydrogens (tertiary/aromatic N) is 2. The fourth-order valence-electron chi connectivity index (χ4n) is 3.53. The molecule has 2 atom stereocenters. The Bertz CT molecular complexity index is 311. The normalized spacial score (nSPS) is 28.4. The van der Waals surface area contributed by atoms with E-state index < -0.39 is 5.54 Å². The summed E-state index contributed by atoms with van der Waals surface area (Å²) < 4.78 is 0. The molecule has 2 rings (SSSR count). The molecular weight excluding hydrogens is 238 g/mol. The Morgan fingerprint density at radius 1 is 1.26 bits per heavy atom. The largest absolute Gasteiger partial charge is 0.340 e. The third-order valence-electron chi connectivity index (χ3n) is 4.60. The first-order chi connectivity index (χ1) is 9.04. The Hall–Kier alpha value is -0.610. The highest BCUT2D eigenvalue weighted by molar-refractivity contribution is 5.85. The van der Waals surface area contributed by atoms with Gasteiger partial charge in [-0.25, -0.2) is 0 Å². The molecule has 2 aliphatic rings. The molecule has 0 radical (unpaired) electrons. The summed E-state index contributed by atoms with van der Waals surface area (Å²) in [7, 11) is 0. The summed E-state index contributed by atoms with van der Waals surface area (Å²) >= 11 is 0. The Balaban J connectivity index is 1.94. The van der Waals surface area contributed by atoms with Gasteiger partial charge in [0.1, 0.15) is 0 Å². The lowest BCUT2D eigenvalue weighted by atomic mass is 9.93. The van der Waals surface area contributed by atoms with Gasteiger partial charge in [0.15, 0.2) is 0 Å². The summed E-state index contributed by atoms with van der Waals surface area (Å²) in [5.41, 5.74) is 5.52. The second-order valence-corrected chi connectivity index (χ2v) is 6.46. The summed E-state index contributed by atoms with van der Waals surface area (Å²) in [6.07, 6.45) is 6.72. The second-order valence-electron chi connectivity index (χ2n) is 6.46. The minimum Gasteiger partial charge on any atom is -0.340 e. The lowest BCUT2D eigenvalue weighted by Gasteiger charge is -2.40. The third kappa shape index (κ3) is 3.48. The lowest BCUT2D eigenvalue weighted by Crippen LogP contribution is -2.58. The van der Waals surface area contributed by atoms with E-state index in [0.717, 1.165) is 32.4 Å². The van der Waals surface area contributed by atoms with Crippen molar-refractivity contribution in [2.75, 3.05) is 26.2 Å². The van der Waals surface area contributed by atoms with Crippen molar-refractivity contribution >= 4 is 5.91 Å². The lowest BCUT2D eigenvalue weighted by molar-refractivity contribution is -0.138. The van der Waals surface area contributed by atoms with Crippen LogP contribution in [0, 0.1) is 0 Å². The number of carbonyl (C=O) groups is 1. The smallest absolute Gasteiger partial charge is 0.242 e. The standard InChI is InChI=1S/C15H29N3O/c1-3-8-15(2,16)14(19)18-11-6-7-13(12-18)17-9-4-5-10-17/h13H,3-12,16H2,1-2H3. The molecule has 2 heterocycles. The first-order valence-electron chi connectivity index (χ1n) is 7.87. The Kier molecular flexibility index (Phi) is 4.85. The highest BCUT2D eigenvalue weighted by Crippen LogP contribution is 2.23. The Labute approximate surface area is 117 Å². The minimum atomic E-state index is -0.679. The molecule has 0 aromatic rings. The van der Waals surface area contributed by atoms with Gasteiger partial charge in [-0.3, -0.25) is 9.69 Å². The molecule has 0 bridgehead atoms. The minimum absolute atomic E-state index is 0.151. The van der Waals surface area contributed by atoms with Crippen molar-refractivity contribution in [2.45, 2.75) is 64.0 Å².